The van der Waals surface area contributed by atoms with Gasteiger partial charge >= 0.3 is 6.16 Å². The van der Waals surface area contributed by atoms with E-state index >= 15 is 0 Å². The van der Waals surface area contributed by atoms with Gasteiger partial charge in [-0.2, -0.15) is 0 Å². The SMILES string of the molecule is COC(=O)Oc1cc([N+](=O)[O-])c(C(C)(C)C)cc1C(C)(C)C. The molecule has 0 aliphatic carbocycles. The lowest BCUT2D eigenvalue weighted by atomic mass is 9.79. The number of nitrogens with zero attached hydrogens (tertiary/aromatic N) is 1. The van der Waals surface area contributed by atoms with E-state index in [0.717, 1.165) is 0 Å². The number of nitro benzene ring substituents is 1. The van der Waals surface area contributed by atoms with Gasteiger partial charge in [0.2, 0.25) is 0 Å². The van der Waals surface area contributed by atoms with E-state index in [-0.39, 0.29) is 16.9 Å². The van der Waals surface area contributed by atoms with Crippen LogP contribution in [0, 0.1) is 10.1 Å². The monoisotopic (exact) mass is 309 g/mol. The normalized spacial score (nSPS) is 12.0. The molecule has 6 heteroatoms. The van der Waals surface area contributed by atoms with E-state index in [2.05, 4.69) is 4.74 Å². The fraction of sp³-hybridized carbons (Fsp3) is 0.562. The number of methoxy groups -OCH3 is 1. The summed E-state index contributed by atoms with van der Waals surface area (Å²) in [6.07, 6.45) is -0.900. The zero-order valence-corrected chi connectivity index (χ0v) is 14.1. The molecule has 1 rings (SSSR count). The van der Waals surface area contributed by atoms with Crippen molar-refractivity contribution >= 4 is 11.8 Å². The summed E-state index contributed by atoms with van der Waals surface area (Å²) in [5, 5.41) is 11.4. The molecule has 0 amide bonds. The minimum absolute atomic E-state index is 0.0700. The van der Waals surface area contributed by atoms with Gasteiger partial charge in [-0.15, -0.1) is 0 Å². The zero-order chi connectivity index (χ0) is 17.3. The highest BCUT2D eigenvalue weighted by atomic mass is 16.7. The minimum Gasteiger partial charge on any atom is -0.437 e. The molecule has 0 spiro atoms. The van der Waals surface area contributed by atoms with Crippen LogP contribution in [0.15, 0.2) is 12.1 Å². The van der Waals surface area contributed by atoms with Gasteiger partial charge in [-0.3, -0.25) is 10.1 Å². The topological polar surface area (TPSA) is 78.7 Å². The van der Waals surface area contributed by atoms with Crippen LogP contribution < -0.4 is 4.74 Å². The van der Waals surface area contributed by atoms with Crippen LogP contribution in [0.3, 0.4) is 0 Å². The number of hydrogen-bond donors (Lipinski definition) is 0. The third-order valence-electron chi connectivity index (χ3n) is 3.27. The molecule has 1 aromatic rings. The van der Waals surface area contributed by atoms with Crippen molar-refractivity contribution in [1.29, 1.82) is 0 Å². The Morgan fingerprint density at radius 2 is 1.55 bits per heavy atom. The Morgan fingerprint density at radius 1 is 1.05 bits per heavy atom. The molecule has 0 saturated carbocycles. The van der Waals surface area contributed by atoms with Crippen molar-refractivity contribution in [3.63, 3.8) is 0 Å². The molecule has 122 valence electrons. The number of ether oxygens (including phenoxy) is 2. The summed E-state index contributed by atoms with van der Waals surface area (Å²) in [6.45, 7) is 11.6. The van der Waals surface area contributed by atoms with Gasteiger partial charge in [-0.05, 0) is 16.9 Å². The molecule has 0 aliphatic heterocycles. The average Bonchev–Trinajstić information content (AvgIpc) is 2.35. The van der Waals surface area contributed by atoms with Crippen molar-refractivity contribution in [3.05, 3.63) is 33.4 Å². The summed E-state index contributed by atoms with van der Waals surface area (Å²) < 4.78 is 9.60. The highest BCUT2D eigenvalue weighted by molar-refractivity contribution is 5.66. The maximum atomic E-state index is 11.4. The van der Waals surface area contributed by atoms with Crippen molar-refractivity contribution in [1.82, 2.24) is 0 Å². The zero-order valence-electron chi connectivity index (χ0n) is 14.1. The molecule has 0 aromatic heterocycles. The number of nitro groups is 1. The molecule has 0 bridgehead atoms. The summed E-state index contributed by atoms with van der Waals surface area (Å²) in [4.78, 5) is 22.3. The van der Waals surface area contributed by atoms with Crippen LogP contribution in [0.5, 0.6) is 5.75 Å². The highest BCUT2D eigenvalue weighted by Gasteiger charge is 2.31. The number of hydrogen-bond acceptors (Lipinski definition) is 5. The first-order chi connectivity index (χ1) is 9.87. The lowest BCUT2D eigenvalue weighted by Crippen LogP contribution is -2.20. The van der Waals surface area contributed by atoms with Crippen LogP contribution in [0.25, 0.3) is 0 Å². The summed E-state index contributed by atoms with van der Waals surface area (Å²) in [5.74, 6) is 0.152. The van der Waals surface area contributed by atoms with Gasteiger partial charge < -0.3 is 9.47 Å². The van der Waals surface area contributed by atoms with E-state index in [9.17, 15) is 14.9 Å². The molecule has 0 fully saturated rings. The Hall–Kier alpha value is -2.11. The molecule has 1 aromatic carbocycles. The number of rotatable bonds is 2. The Bertz CT molecular complexity index is 594. The molecule has 0 atom stereocenters. The van der Waals surface area contributed by atoms with Crippen LogP contribution in [0.4, 0.5) is 10.5 Å². The standard InChI is InChI=1S/C16H23NO5/c1-15(2,3)10-8-11(16(4,5)6)13(22-14(18)21-7)9-12(10)17(19)20/h8-9H,1-7H3. The smallest absolute Gasteiger partial charge is 0.437 e. The largest absolute Gasteiger partial charge is 0.513 e. The lowest BCUT2D eigenvalue weighted by molar-refractivity contribution is -0.386. The highest BCUT2D eigenvalue weighted by Crippen LogP contribution is 2.41. The van der Waals surface area contributed by atoms with Gasteiger partial charge in [0, 0.05) is 11.1 Å². The molecular formula is C16H23NO5. The molecule has 22 heavy (non-hydrogen) atoms. The maximum absolute atomic E-state index is 11.4. The van der Waals surface area contributed by atoms with Gasteiger partial charge in [0.25, 0.3) is 5.69 Å². The van der Waals surface area contributed by atoms with Crippen LogP contribution in [0.1, 0.15) is 52.7 Å². The van der Waals surface area contributed by atoms with E-state index in [1.54, 1.807) is 6.07 Å². The predicted molar refractivity (Wildman–Crippen MR) is 83.5 cm³/mol. The molecule has 0 aliphatic rings. The first kappa shape index (κ1) is 17.9. The molecule has 6 nitrogen and oxygen atoms in total. The van der Waals surface area contributed by atoms with Crippen LogP contribution in [0.2, 0.25) is 0 Å². The van der Waals surface area contributed by atoms with Gasteiger partial charge in [-0.25, -0.2) is 4.79 Å². The summed E-state index contributed by atoms with van der Waals surface area (Å²) in [6, 6.07) is 3.05. The molecule has 0 heterocycles. The maximum Gasteiger partial charge on any atom is 0.513 e. The van der Waals surface area contributed by atoms with Crippen molar-refractivity contribution in [2.24, 2.45) is 0 Å². The van der Waals surface area contributed by atoms with E-state index in [0.29, 0.717) is 11.1 Å². The molecule has 0 unspecified atom stereocenters. The van der Waals surface area contributed by atoms with Crippen LogP contribution in [-0.4, -0.2) is 18.2 Å². The second kappa shape index (κ2) is 5.94. The predicted octanol–water partition coefficient (Wildman–Crippen LogP) is 4.34. The van der Waals surface area contributed by atoms with Crippen molar-refractivity contribution in [3.8, 4) is 5.75 Å². The van der Waals surface area contributed by atoms with Gasteiger partial charge in [0.05, 0.1) is 18.1 Å². The van der Waals surface area contributed by atoms with Gasteiger partial charge in [0.15, 0.2) is 0 Å². The quantitative estimate of drug-likeness (QED) is 0.351. The Labute approximate surface area is 130 Å². The number of carbonyl (C=O) groups excluding carboxylic acids is 1. The third-order valence-corrected chi connectivity index (χ3v) is 3.27. The Balaban J connectivity index is 3.66. The Morgan fingerprint density at radius 3 is 1.91 bits per heavy atom. The van der Waals surface area contributed by atoms with Crippen molar-refractivity contribution < 1.29 is 19.2 Å². The van der Waals surface area contributed by atoms with E-state index in [4.69, 9.17) is 4.74 Å². The summed E-state index contributed by atoms with van der Waals surface area (Å²) in [7, 11) is 1.19. The summed E-state index contributed by atoms with van der Waals surface area (Å²) >= 11 is 0. The van der Waals surface area contributed by atoms with E-state index in [1.807, 2.05) is 41.5 Å². The average molecular weight is 309 g/mol. The summed E-state index contributed by atoms with van der Waals surface area (Å²) in [5.41, 5.74) is 0.484. The van der Waals surface area contributed by atoms with Gasteiger partial charge in [-0.1, -0.05) is 41.5 Å². The van der Waals surface area contributed by atoms with Gasteiger partial charge in [0.1, 0.15) is 5.75 Å². The van der Waals surface area contributed by atoms with Crippen LogP contribution >= 0.6 is 0 Å². The molecular weight excluding hydrogens is 286 g/mol. The van der Waals surface area contributed by atoms with Crippen LogP contribution in [-0.2, 0) is 15.6 Å². The first-order valence-corrected chi connectivity index (χ1v) is 6.97. The third kappa shape index (κ3) is 3.96. The van der Waals surface area contributed by atoms with E-state index in [1.165, 1.54) is 13.2 Å². The fourth-order valence-electron chi connectivity index (χ4n) is 2.12. The Kier molecular flexibility index (Phi) is 4.85. The molecule has 0 saturated heterocycles. The minimum atomic E-state index is -0.900. The lowest BCUT2D eigenvalue weighted by Gasteiger charge is -2.26. The fourth-order valence-corrected chi connectivity index (χ4v) is 2.12. The first-order valence-electron chi connectivity index (χ1n) is 6.97. The number of carbonyl (C=O) groups is 1. The van der Waals surface area contributed by atoms with Crippen molar-refractivity contribution in [2.75, 3.05) is 7.11 Å². The number of benzene rings is 1. The second-order valence-electron chi connectivity index (χ2n) is 7.18. The van der Waals surface area contributed by atoms with Crippen molar-refractivity contribution in [2.45, 2.75) is 52.4 Å². The molecule has 0 N–H and O–H groups in total. The van der Waals surface area contributed by atoms with E-state index < -0.39 is 16.5 Å². The second-order valence-corrected chi connectivity index (χ2v) is 7.18. The molecule has 0 radical (unpaired) electrons.